The fourth-order valence-electron chi connectivity index (χ4n) is 1.46. The highest BCUT2D eigenvalue weighted by Crippen LogP contribution is 2.32. The van der Waals surface area contributed by atoms with E-state index in [4.69, 9.17) is 16.0 Å². The third-order valence-corrected chi connectivity index (χ3v) is 2.66. The number of rotatable bonds is 2. The predicted octanol–water partition coefficient (Wildman–Crippen LogP) is 3.53. The van der Waals surface area contributed by atoms with Crippen LogP contribution in [0, 0.1) is 5.82 Å². The number of hydrogen-bond donors (Lipinski definition) is 0. The van der Waals surface area contributed by atoms with E-state index in [1.165, 1.54) is 12.3 Å². The lowest BCUT2D eigenvalue weighted by Crippen LogP contribution is -2.06. The van der Waals surface area contributed by atoms with Crippen molar-refractivity contribution in [3.63, 3.8) is 0 Å². The summed E-state index contributed by atoms with van der Waals surface area (Å²) in [7, 11) is 1.16. The molecule has 1 aromatic heterocycles. The third-order valence-electron chi connectivity index (χ3n) is 2.27. The van der Waals surface area contributed by atoms with Crippen LogP contribution in [-0.2, 0) is 4.74 Å². The number of ether oxygens (including phenoxy) is 1. The van der Waals surface area contributed by atoms with Gasteiger partial charge in [0.2, 0.25) is 0 Å². The molecule has 0 unspecified atom stereocenters. The largest absolute Gasteiger partial charge is 0.465 e. The number of benzene rings is 1. The highest BCUT2D eigenvalue weighted by molar-refractivity contribution is 6.36. The number of carbonyl (C=O) groups excluding carboxylic acids is 1. The van der Waals surface area contributed by atoms with Crippen LogP contribution in [0.4, 0.5) is 4.39 Å². The van der Waals surface area contributed by atoms with Crippen LogP contribution in [0.2, 0.25) is 5.02 Å². The molecule has 0 aliphatic carbocycles. The van der Waals surface area contributed by atoms with E-state index in [9.17, 15) is 9.18 Å². The summed E-state index contributed by atoms with van der Waals surface area (Å²) in [6.45, 7) is 0. The Kier molecular flexibility index (Phi) is 3.15. The quantitative estimate of drug-likeness (QED) is 0.770. The van der Waals surface area contributed by atoms with E-state index >= 15 is 0 Å². The van der Waals surface area contributed by atoms with Gasteiger partial charge in [0, 0.05) is 5.56 Å². The Labute approximate surface area is 102 Å². The summed E-state index contributed by atoms with van der Waals surface area (Å²) >= 11 is 5.98. The van der Waals surface area contributed by atoms with Crippen molar-refractivity contribution in [2.75, 3.05) is 7.11 Å². The zero-order valence-corrected chi connectivity index (χ0v) is 9.62. The molecule has 0 atom stereocenters. The number of esters is 1. The average Bonchev–Trinajstić information content (AvgIpc) is 2.82. The Hall–Kier alpha value is -1.81. The molecule has 0 bridgehead atoms. The van der Waals surface area contributed by atoms with Gasteiger partial charge in [-0.2, -0.15) is 0 Å². The van der Waals surface area contributed by atoms with E-state index in [0.29, 0.717) is 11.3 Å². The van der Waals surface area contributed by atoms with Gasteiger partial charge in [-0.25, -0.2) is 9.18 Å². The Morgan fingerprint density at radius 1 is 1.41 bits per heavy atom. The van der Waals surface area contributed by atoms with Crippen molar-refractivity contribution in [3.05, 3.63) is 46.9 Å². The van der Waals surface area contributed by atoms with E-state index in [1.807, 2.05) is 0 Å². The summed E-state index contributed by atoms with van der Waals surface area (Å²) in [5.41, 5.74) is 0.154. The molecule has 3 nitrogen and oxygen atoms in total. The van der Waals surface area contributed by atoms with Gasteiger partial charge in [-0.05, 0) is 24.3 Å². The molecule has 5 heteroatoms. The van der Waals surface area contributed by atoms with Crippen molar-refractivity contribution in [1.82, 2.24) is 0 Å². The molecule has 0 amide bonds. The minimum Gasteiger partial charge on any atom is -0.465 e. The predicted molar refractivity (Wildman–Crippen MR) is 60.5 cm³/mol. The van der Waals surface area contributed by atoms with E-state index in [2.05, 4.69) is 4.74 Å². The lowest BCUT2D eigenvalue weighted by Gasteiger charge is -2.07. The first-order chi connectivity index (χ1) is 8.15. The zero-order valence-electron chi connectivity index (χ0n) is 8.87. The van der Waals surface area contributed by atoms with Crippen molar-refractivity contribution >= 4 is 17.6 Å². The SMILES string of the molecule is COC(=O)c1c(F)ccc(-c2ccco2)c1Cl. The van der Waals surface area contributed by atoms with E-state index in [-0.39, 0.29) is 10.6 Å². The number of carbonyl (C=O) groups is 1. The Bertz CT molecular complexity index is 549. The molecule has 0 saturated heterocycles. The topological polar surface area (TPSA) is 39.4 Å². The summed E-state index contributed by atoms with van der Waals surface area (Å²) in [4.78, 5) is 11.4. The second-order valence-corrected chi connectivity index (χ2v) is 3.63. The molecule has 88 valence electrons. The van der Waals surface area contributed by atoms with E-state index < -0.39 is 11.8 Å². The second kappa shape index (κ2) is 4.59. The van der Waals surface area contributed by atoms with Gasteiger partial charge in [0.15, 0.2) is 0 Å². The van der Waals surface area contributed by atoms with Gasteiger partial charge in [-0.15, -0.1) is 0 Å². The molecule has 0 fully saturated rings. The van der Waals surface area contributed by atoms with E-state index in [1.54, 1.807) is 12.1 Å². The van der Waals surface area contributed by atoms with E-state index in [0.717, 1.165) is 13.2 Å². The van der Waals surface area contributed by atoms with Crippen LogP contribution in [0.3, 0.4) is 0 Å². The van der Waals surface area contributed by atoms with Crippen LogP contribution in [-0.4, -0.2) is 13.1 Å². The van der Waals surface area contributed by atoms with Crippen LogP contribution < -0.4 is 0 Å². The minimum atomic E-state index is -0.819. The van der Waals surface area contributed by atoms with Crippen LogP contribution in [0.15, 0.2) is 34.9 Å². The maximum absolute atomic E-state index is 13.5. The van der Waals surface area contributed by atoms with Crippen LogP contribution in [0.5, 0.6) is 0 Å². The molecule has 0 saturated carbocycles. The number of hydrogen-bond acceptors (Lipinski definition) is 3. The van der Waals surface area contributed by atoms with Gasteiger partial charge < -0.3 is 9.15 Å². The number of furan rings is 1. The Morgan fingerprint density at radius 2 is 2.18 bits per heavy atom. The molecule has 0 aliphatic heterocycles. The zero-order chi connectivity index (χ0) is 12.4. The third kappa shape index (κ3) is 2.03. The summed E-state index contributed by atoms with van der Waals surface area (Å²) in [5.74, 6) is -1.08. The van der Waals surface area contributed by atoms with Crippen molar-refractivity contribution in [2.24, 2.45) is 0 Å². The standard InChI is InChI=1S/C12H8ClFO3/c1-16-12(15)10-8(14)5-4-7(11(10)13)9-3-2-6-17-9/h2-6H,1H3. The summed E-state index contributed by atoms with van der Waals surface area (Å²) in [6, 6.07) is 5.94. The van der Waals surface area contributed by atoms with Crippen molar-refractivity contribution < 1.29 is 18.3 Å². The normalized spacial score (nSPS) is 10.3. The molecular formula is C12H8ClFO3. The lowest BCUT2D eigenvalue weighted by atomic mass is 10.1. The average molecular weight is 255 g/mol. The van der Waals surface area contributed by atoms with Crippen LogP contribution in [0.1, 0.15) is 10.4 Å². The summed E-state index contributed by atoms with van der Waals surface area (Å²) < 4.78 is 23.1. The van der Waals surface area contributed by atoms with Gasteiger partial charge >= 0.3 is 5.97 Å². The van der Waals surface area contributed by atoms with Gasteiger partial charge in [0.25, 0.3) is 0 Å². The molecule has 17 heavy (non-hydrogen) atoms. The van der Waals surface area contributed by atoms with Gasteiger partial charge in [-0.3, -0.25) is 0 Å². The fraction of sp³-hybridized carbons (Fsp3) is 0.0833. The molecule has 1 heterocycles. The fourth-order valence-corrected chi connectivity index (χ4v) is 1.79. The molecule has 0 spiro atoms. The smallest absolute Gasteiger partial charge is 0.342 e. The second-order valence-electron chi connectivity index (χ2n) is 3.25. The monoisotopic (exact) mass is 254 g/mol. The van der Waals surface area contributed by atoms with Gasteiger partial charge in [0.1, 0.15) is 17.1 Å². The van der Waals surface area contributed by atoms with Crippen LogP contribution in [0.25, 0.3) is 11.3 Å². The number of methoxy groups -OCH3 is 1. The summed E-state index contributed by atoms with van der Waals surface area (Å²) in [6.07, 6.45) is 1.47. The lowest BCUT2D eigenvalue weighted by molar-refractivity contribution is 0.0596. The maximum Gasteiger partial charge on any atom is 0.342 e. The molecule has 0 aliphatic rings. The first-order valence-electron chi connectivity index (χ1n) is 4.75. The van der Waals surface area contributed by atoms with Crippen molar-refractivity contribution in [3.8, 4) is 11.3 Å². The molecule has 0 radical (unpaired) electrons. The summed E-state index contributed by atoms with van der Waals surface area (Å²) in [5, 5.41) is -0.0215. The van der Waals surface area contributed by atoms with Gasteiger partial charge in [-0.1, -0.05) is 11.6 Å². The Morgan fingerprint density at radius 3 is 2.76 bits per heavy atom. The molecular weight excluding hydrogens is 247 g/mol. The molecule has 2 aromatic rings. The van der Waals surface area contributed by atoms with Crippen molar-refractivity contribution in [2.45, 2.75) is 0 Å². The number of halogens is 2. The molecule has 1 aromatic carbocycles. The first kappa shape index (κ1) is 11.7. The molecule has 2 rings (SSSR count). The molecule has 0 N–H and O–H groups in total. The highest BCUT2D eigenvalue weighted by atomic mass is 35.5. The first-order valence-corrected chi connectivity index (χ1v) is 5.13. The van der Waals surface area contributed by atoms with Crippen molar-refractivity contribution in [1.29, 1.82) is 0 Å². The van der Waals surface area contributed by atoms with Gasteiger partial charge in [0.05, 0.1) is 18.4 Å². The highest BCUT2D eigenvalue weighted by Gasteiger charge is 2.21. The Balaban J connectivity index is 2.62. The van der Waals surface area contributed by atoms with Crippen LogP contribution >= 0.6 is 11.6 Å². The maximum atomic E-state index is 13.5. The minimum absolute atomic E-state index is 0.0215.